The molecule has 0 unspecified atom stereocenters. The van der Waals surface area contributed by atoms with E-state index in [-0.39, 0.29) is 13.2 Å². The molecule has 0 N–H and O–H groups in total. The van der Waals surface area contributed by atoms with Crippen LogP contribution in [-0.2, 0) is 16.1 Å². The van der Waals surface area contributed by atoms with E-state index < -0.39 is 30.8 Å². The minimum Gasteiger partial charge on any atom is -0.463 e. The highest BCUT2D eigenvalue weighted by Gasteiger charge is 2.29. The zero-order chi connectivity index (χ0) is 17.7. The molecule has 0 spiro atoms. The number of hydrogen-bond donors (Lipinski definition) is 0. The van der Waals surface area contributed by atoms with Crippen molar-refractivity contribution in [2.24, 2.45) is 0 Å². The summed E-state index contributed by atoms with van der Waals surface area (Å²) in [6.07, 6.45) is -4.31. The SMILES string of the molecule is CN(CCOC(=O)Cn1nnc2ccccc2c1=O)CC(F)(F)F. The van der Waals surface area contributed by atoms with Crippen LogP contribution in [0.25, 0.3) is 10.9 Å². The topological polar surface area (TPSA) is 77.3 Å². The zero-order valence-electron chi connectivity index (χ0n) is 12.8. The Morgan fingerprint density at radius 1 is 1.33 bits per heavy atom. The lowest BCUT2D eigenvalue weighted by Gasteiger charge is -2.18. The van der Waals surface area contributed by atoms with E-state index in [1.165, 1.54) is 7.05 Å². The highest BCUT2D eigenvalue weighted by Crippen LogP contribution is 2.15. The fourth-order valence-electron chi connectivity index (χ4n) is 2.00. The Balaban J connectivity index is 1.89. The molecule has 0 radical (unpaired) electrons. The van der Waals surface area contributed by atoms with Gasteiger partial charge in [0.1, 0.15) is 18.7 Å². The summed E-state index contributed by atoms with van der Waals surface area (Å²) < 4.78 is 42.1. The second kappa shape index (κ2) is 7.39. The van der Waals surface area contributed by atoms with Gasteiger partial charge in [-0.15, -0.1) is 5.10 Å². The minimum absolute atomic E-state index is 0.0798. The Morgan fingerprint density at radius 2 is 2.04 bits per heavy atom. The first-order valence-corrected chi connectivity index (χ1v) is 7.00. The van der Waals surface area contributed by atoms with Crippen LogP contribution in [0, 0.1) is 0 Å². The van der Waals surface area contributed by atoms with Gasteiger partial charge in [0.05, 0.1) is 11.9 Å². The maximum Gasteiger partial charge on any atom is 0.401 e. The number of fused-ring (bicyclic) bond motifs is 1. The molecule has 0 fully saturated rings. The number of halogens is 3. The predicted octanol–water partition coefficient (Wildman–Crippen LogP) is 0.829. The summed E-state index contributed by atoms with van der Waals surface area (Å²) in [6, 6.07) is 6.53. The second-order valence-electron chi connectivity index (χ2n) is 5.14. The summed E-state index contributed by atoms with van der Waals surface area (Å²) in [5, 5.41) is 7.76. The van der Waals surface area contributed by atoms with Crippen molar-refractivity contribution in [1.82, 2.24) is 19.9 Å². The van der Waals surface area contributed by atoms with Gasteiger partial charge >= 0.3 is 12.1 Å². The number of rotatable bonds is 6. The molecule has 0 saturated carbocycles. The van der Waals surface area contributed by atoms with Crippen molar-refractivity contribution in [3.8, 4) is 0 Å². The summed E-state index contributed by atoms with van der Waals surface area (Å²) in [6.45, 7) is -1.86. The van der Waals surface area contributed by atoms with E-state index in [9.17, 15) is 22.8 Å². The summed E-state index contributed by atoms with van der Waals surface area (Å²) in [5.74, 6) is -0.776. The van der Waals surface area contributed by atoms with Crippen molar-refractivity contribution in [1.29, 1.82) is 0 Å². The Labute approximate surface area is 134 Å². The molecule has 0 amide bonds. The molecule has 0 aliphatic heterocycles. The number of benzene rings is 1. The molecule has 2 aromatic rings. The molecule has 0 atom stereocenters. The van der Waals surface area contributed by atoms with Crippen LogP contribution >= 0.6 is 0 Å². The van der Waals surface area contributed by atoms with Crippen molar-refractivity contribution >= 4 is 16.9 Å². The lowest BCUT2D eigenvalue weighted by Crippen LogP contribution is -2.34. The van der Waals surface area contributed by atoms with Crippen LogP contribution in [0.4, 0.5) is 13.2 Å². The van der Waals surface area contributed by atoms with E-state index >= 15 is 0 Å². The van der Waals surface area contributed by atoms with Crippen molar-refractivity contribution in [2.45, 2.75) is 12.7 Å². The van der Waals surface area contributed by atoms with Gasteiger partial charge in [0, 0.05) is 6.54 Å². The van der Waals surface area contributed by atoms with Gasteiger partial charge in [-0.2, -0.15) is 17.9 Å². The molecular formula is C14H15F3N4O3. The van der Waals surface area contributed by atoms with Crippen molar-refractivity contribution < 1.29 is 22.7 Å². The fourth-order valence-corrected chi connectivity index (χ4v) is 2.00. The highest BCUT2D eigenvalue weighted by atomic mass is 19.4. The van der Waals surface area contributed by atoms with Crippen LogP contribution < -0.4 is 5.56 Å². The van der Waals surface area contributed by atoms with E-state index in [0.717, 1.165) is 9.58 Å². The molecule has 2 rings (SSSR count). The van der Waals surface area contributed by atoms with Gasteiger partial charge in [-0.1, -0.05) is 17.3 Å². The molecule has 0 bridgehead atoms. The summed E-state index contributed by atoms with van der Waals surface area (Å²) in [7, 11) is 1.26. The summed E-state index contributed by atoms with van der Waals surface area (Å²) >= 11 is 0. The first kappa shape index (κ1) is 17.9. The monoisotopic (exact) mass is 344 g/mol. The van der Waals surface area contributed by atoms with Crippen molar-refractivity contribution in [3.63, 3.8) is 0 Å². The number of ether oxygens (including phenoxy) is 1. The van der Waals surface area contributed by atoms with E-state index in [1.54, 1.807) is 24.3 Å². The molecule has 1 heterocycles. The molecule has 0 aliphatic carbocycles. The first-order chi connectivity index (χ1) is 11.3. The average Bonchev–Trinajstić information content (AvgIpc) is 2.48. The van der Waals surface area contributed by atoms with Crippen LogP contribution in [0.1, 0.15) is 0 Å². The van der Waals surface area contributed by atoms with Gasteiger partial charge in [-0.25, -0.2) is 0 Å². The number of aromatic nitrogens is 3. The number of carbonyl (C=O) groups is 1. The van der Waals surface area contributed by atoms with Crippen LogP contribution in [-0.4, -0.2) is 58.8 Å². The third kappa shape index (κ3) is 5.01. The number of nitrogens with zero attached hydrogens (tertiary/aromatic N) is 4. The van der Waals surface area contributed by atoms with Crippen LogP contribution in [0.15, 0.2) is 29.1 Å². The van der Waals surface area contributed by atoms with Gasteiger partial charge in [0.15, 0.2) is 0 Å². The van der Waals surface area contributed by atoms with Crippen LogP contribution in [0.3, 0.4) is 0 Å². The Morgan fingerprint density at radius 3 is 2.75 bits per heavy atom. The van der Waals surface area contributed by atoms with E-state index in [4.69, 9.17) is 4.74 Å². The third-order valence-electron chi connectivity index (χ3n) is 3.09. The predicted molar refractivity (Wildman–Crippen MR) is 78.3 cm³/mol. The number of likely N-dealkylation sites (N-methyl/N-ethyl adjacent to an activating group) is 1. The van der Waals surface area contributed by atoms with E-state index in [0.29, 0.717) is 10.9 Å². The largest absolute Gasteiger partial charge is 0.463 e. The normalized spacial score (nSPS) is 11.9. The molecule has 0 saturated heterocycles. The van der Waals surface area contributed by atoms with Crippen molar-refractivity contribution in [3.05, 3.63) is 34.6 Å². The van der Waals surface area contributed by atoms with Gasteiger partial charge < -0.3 is 4.74 Å². The van der Waals surface area contributed by atoms with Gasteiger partial charge in [0.25, 0.3) is 5.56 Å². The standard InChI is InChI=1S/C14H15F3N4O3/c1-20(9-14(15,16)17)6-7-24-12(22)8-21-13(23)10-4-2-3-5-11(10)18-19-21/h2-5H,6-9H2,1H3. The number of alkyl halides is 3. The number of hydrogen-bond acceptors (Lipinski definition) is 6. The summed E-state index contributed by atoms with van der Waals surface area (Å²) in [5.41, 5.74) is -0.0902. The van der Waals surface area contributed by atoms with Gasteiger partial charge in [-0.3, -0.25) is 14.5 Å². The van der Waals surface area contributed by atoms with E-state index in [1.807, 2.05) is 0 Å². The minimum atomic E-state index is -4.31. The Kier molecular flexibility index (Phi) is 5.50. The molecule has 1 aromatic heterocycles. The van der Waals surface area contributed by atoms with Crippen LogP contribution in [0.5, 0.6) is 0 Å². The maximum atomic E-state index is 12.1. The molecule has 10 heteroatoms. The quantitative estimate of drug-likeness (QED) is 0.723. The highest BCUT2D eigenvalue weighted by molar-refractivity contribution is 5.77. The number of carbonyl (C=O) groups excluding carboxylic acids is 1. The average molecular weight is 344 g/mol. The maximum absolute atomic E-state index is 12.1. The van der Waals surface area contributed by atoms with Crippen LogP contribution in [0.2, 0.25) is 0 Å². The summed E-state index contributed by atoms with van der Waals surface area (Å²) in [4.78, 5) is 24.8. The Hall–Kier alpha value is -2.49. The fraction of sp³-hybridized carbons (Fsp3) is 0.429. The Bertz CT molecular complexity index is 776. The number of esters is 1. The molecule has 24 heavy (non-hydrogen) atoms. The molecule has 0 aliphatic rings. The second-order valence-corrected chi connectivity index (χ2v) is 5.14. The molecule has 1 aromatic carbocycles. The first-order valence-electron chi connectivity index (χ1n) is 7.00. The molecular weight excluding hydrogens is 329 g/mol. The van der Waals surface area contributed by atoms with E-state index in [2.05, 4.69) is 10.3 Å². The molecule has 130 valence electrons. The van der Waals surface area contributed by atoms with Crippen molar-refractivity contribution in [2.75, 3.05) is 26.7 Å². The molecule has 7 nitrogen and oxygen atoms in total. The van der Waals surface area contributed by atoms with Gasteiger partial charge in [0.2, 0.25) is 0 Å². The smallest absolute Gasteiger partial charge is 0.401 e. The third-order valence-corrected chi connectivity index (χ3v) is 3.09. The lowest BCUT2D eigenvalue weighted by molar-refractivity contribution is -0.149. The lowest BCUT2D eigenvalue weighted by atomic mass is 10.2. The zero-order valence-corrected chi connectivity index (χ0v) is 12.8. The van der Waals surface area contributed by atoms with Gasteiger partial charge in [-0.05, 0) is 19.2 Å².